The van der Waals surface area contributed by atoms with E-state index in [9.17, 15) is 17.6 Å². The number of benzene rings is 3. The van der Waals surface area contributed by atoms with E-state index in [1.165, 1.54) is 31.5 Å². The first kappa shape index (κ1) is 27.4. The lowest BCUT2D eigenvalue weighted by molar-refractivity contribution is -0.119. The highest BCUT2D eigenvalue weighted by molar-refractivity contribution is 9.10. The number of rotatable bonds is 10. The molecule has 36 heavy (non-hydrogen) atoms. The molecule has 3 aromatic carbocycles. The summed E-state index contributed by atoms with van der Waals surface area (Å²) >= 11 is 9.36. The second kappa shape index (κ2) is 12.2. The van der Waals surface area contributed by atoms with E-state index in [0.717, 1.165) is 22.2 Å². The quantitative estimate of drug-likeness (QED) is 0.269. The highest BCUT2D eigenvalue weighted by Crippen LogP contribution is 2.37. The Labute approximate surface area is 221 Å². The summed E-state index contributed by atoms with van der Waals surface area (Å²) in [6, 6.07) is 15.6. The van der Waals surface area contributed by atoms with Gasteiger partial charge in [-0.1, -0.05) is 29.8 Å². The lowest BCUT2D eigenvalue weighted by Crippen LogP contribution is -2.39. The Balaban J connectivity index is 1.67. The van der Waals surface area contributed by atoms with Crippen LogP contribution in [0.25, 0.3) is 0 Å². The molecule has 0 atom stereocenters. The molecule has 0 fully saturated rings. The molecule has 1 amide bonds. The zero-order chi connectivity index (χ0) is 26.3. The van der Waals surface area contributed by atoms with Crippen LogP contribution in [0.5, 0.6) is 11.5 Å². The summed E-state index contributed by atoms with van der Waals surface area (Å²) in [5, 5.41) is 4.52. The van der Waals surface area contributed by atoms with Crippen molar-refractivity contribution in [2.45, 2.75) is 6.61 Å². The minimum Gasteiger partial charge on any atom is -0.493 e. The number of halogens is 3. The van der Waals surface area contributed by atoms with Crippen LogP contribution in [0.1, 0.15) is 11.1 Å². The maximum absolute atomic E-state index is 13.5. The molecule has 8 nitrogen and oxygen atoms in total. The minimum absolute atomic E-state index is 0.0273. The Hall–Kier alpha value is -3.15. The van der Waals surface area contributed by atoms with Gasteiger partial charge in [-0.15, -0.1) is 0 Å². The number of anilines is 1. The monoisotopic (exact) mass is 597 g/mol. The Morgan fingerprint density at radius 2 is 1.92 bits per heavy atom. The molecule has 0 aromatic heterocycles. The van der Waals surface area contributed by atoms with E-state index in [0.29, 0.717) is 26.6 Å². The van der Waals surface area contributed by atoms with Gasteiger partial charge in [-0.3, -0.25) is 9.10 Å². The zero-order valence-electron chi connectivity index (χ0n) is 19.2. The number of hydrogen-bond donors (Lipinski definition) is 1. The third-order valence-electron chi connectivity index (χ3n) is 4.73. The Bertz CT molecular complexity index is 1370. The summed E-state index contributed by atoms with van der Waals surface area (Å²) in [5.41, 5.74) is 3.79. The molecular weight excluding hydrogens is 577 g/mol. The Morgan fingerprint density at radius 1 is 1.19 bits per heavy atom. The van der Waals surface area contributed by atoms with E-state index in [-0.39, 0.29) is 12.3 Å². The van der Waals surface area contributed by atoms with Crippen molar-refractivity contribution < 1.29 is 27.1 Å². The maximum atomic E-state index is 13.5. The SMILES string of the molecule is COc1cc(/C=N\NC(=O)CN(c2cccc(F)c2)S(C)(=O)=O)cc(Br)c1OCc1ccc(Cl)cc1. The Morgan fingerprint density at radius 3 is 2.56 bits per heavy atom. The number of nitrogens with one attached hydrogen (secondary N) is 1. The number of methoxy groups -OCH3 is 1. The van der Waals surface area contributed by atoms with Crippen LogP contribution < -0.4 is 19.2 Å². The van der Waals surface area contributed by atoms with Gasteiger partial charge in [-0.2, -0.15) is 5.10 Å². The van der Waals surface area contributed by atoms with E-state index >= 15 is 0 Å². The fourth-order valence-electron chi connectivity index (χ4n) is 3.07. The van der Waals surface area contributed by atoms with Gasteiger partial charge in [-0.25, -0.2) is 18.2 Å². The largest absolute Gasteiger partial charge is 0.493 e. The van der Waals surface area contributed by atoms with E-state index in [2.05, 4.69) is 26.5 Å². The summed E-state index contributed by atoms with van der Waals surface area (Å²) in [7, 11) is -2.35. The number of ether oxygens (including phenoxy) is 2. The van der Waals surface area contributed by atoms with Gasteiger partial charge in [0.2, 0.25) is 10.0 Å². The van der Waals surface area contributed by atoms with Crippen LogP contribution in [-0.2, 0) is 21.4 Å². The topological polar surface area (TPSA) is 97.3 Å². The van der Waals surface area contributed by atoms with Crippen molar-refractivity contribution in [3.63, 3.8) is 0 Å². The van der Waals surface area contributed by atoms with Crippen molar-refractivity contribution in [3.05, 3.63) is 87.1 Å². The number of nitrogens with zero attached hydrogens (tertiary/aromatic N) is 2. The number of amides is 1. The zero-order valence-corrected chi connectivity index (χ0v) is 22.4. The van der Waals surface area contributed by atoms with E-state index in [1.807, 2.05) is 12.1 Å². The van der Waals surface area contributed by atoms with Crippen LogP contribution in [0.15, 0.2) is 70.2 Å². The molecule has 190 valence electrons. The number of carbonyl (C=O) groups excluding carboxylic acids is 1. The molecule has 0 saturated carbocycles. The molecule has 1 N–H and O–H groups in total. The van der Waals surface area contributed by atoms with Crippen LogP contribution in [0, 0.1) is 5.82 Å². The summed E-state index contributed by atoms with van der Waals surface area (Å²) in [6.45, 7) is -0.290. The fourth-order valence-corrected chi connectivity index (χ4v) is 4.61. The normalized spacial score (nSPS) is 11.4. The predicted octanol–water partition coefficient (Wildman–Crippen LogP) is 4.75. The van der Waals surface area contributed by atoms with Gasteiger partial charge >= 0.3 is 0 Å². The van der Waals surface area contributed by atoms with Crippen molar-refractivity contribution in [3.8, 4) is 11.5 Å². The van der Waals surface area contributed by atoms with Gasteiger partial charge in [0.05, 0.1) is 29.7 Å². The number of hydrogen-bond acceptors (Lipinski definition) is 6. The van der Waals surface area contributed by atoms with Crippen molar-refractivity contribution >= 4 is 55.4 Å². The number of carbonyl (C=O) groups is 1. The number of hydrazone groups is 1. The molecule has 3 aromatic rings. The first-order valence-electron chi connectivity index (χ1n) is 10.4. The smallest absolute Gasteiger partial charge is 0.260 e. The predicted molar refractivity (Wildman–Crippen MR) is 141 cm³/mol. The lowest BCUT2D eigenvalue weighted by Gasteiger charge is -2.21. The van der Waals surface area contributed by atoms with Crippen LogP contribution in [0.2, 0.25) is 5.02 Å². The molecular formula is C24H22BrClFN3O5S. The van der Waals surface area contributed by atoms with Crippen LogP contribution in [-0.4, -0.2) is 40.4 Å². The van der Waals surface area contributed by atoms with Crippen molar-refractivity contribution in [2.24, 2.45) is 5.10 Å². The third kappa shape index (κ3) is 7.67. The summed E-state index contributed by atoms with van der Waals surface area (Å²) in [4.78, 5) is 12.3. The average molecular weight is 599 g/mol. The van der Waals surface area contributed by atoms with Crippen LogP contribution in [0.4, 0.5) is 10.1 Å². The molecule has 0 saturated heterocycles. The van der Waals surface area contributed by atoms with Crippen molar-refractivity contribution in [1.29, 1.82) is 0 Å². The molecule has 12 heteroatoms. The van der Waals surface area contributed by atoms with E-state index in [1.54, 1.807) is 24.3 Å². The maximum Gasteiger partial charge on any atom is 0.260 e. The van der Waals surface area contributed by atoms with Gasteiger partial charge in [0, 0.05) is 5.02 Å². The summed E-state index contributed by atoms with van der Waals surface area (Å²) in [5.74, 6) is -0.428. The standard InChI is InChI=1S/C24H22BrClFN3O5S/c1-34-22-11-17(10-21(25)24(22)35-15-16-6-8-18(26)9-7-16)13-28-29-23(31)14-30(36(2,32)33)20-5-3-4-19(27)12-20/h3-13H,14-15H2,1-2H3,(H,29,31)/b28-13-. The molecule has 0 unspecified atom stereocenters. The van der Waals surface area contributed by atoms with E-state index in [4.69, 9.17) is 21.1 Å². The minimum atomic E-state index is -3.84. The molecule has 3 rings (SSSR count). The molecule has 0 aliphatic rings. The van der Waals surface area contributed by atoms with Gasteiger partial charge in [0.25, 0.3) is 5.91 Å². The van der Waals surface area contributed by atoms with E-state index < -0.39 is 28.3 Å². The lowest BCUT2D eigenvalue weighted by atomic mass is 10.2. The fraction of sp³-hybridized carbons (Fsp3) is 0.167. The molecule has 0 spiro atoms. The summed E-state index contributed by atoms with van der Waals surface area (Å²) in [6.07, 6.45) is 2.29. The van der Waals surface area contributed by atoms with Gasteiger partial charge in [0.1, 0.15) is 19.0 Å². The van der Waals surface area contributed by atoms with Gasteiger partial charge in [0.15, 0.2) is 11.5 Å². The second-order valence-electron chi connectivity index (χ2n) is 7.49. The van der Waals surface area contributed by atoms with Gasteiger partial charge in [-0.05, 0) is 69.5 Å². The van der Waals surface area contributed by atoms with Crippen molar-refractivity contribution in [1.82, 2.24) is 5.43 Å². The van der Waals surface area contributed by atoms with Gasteiger partial charge < -0.3 is 9.47 Å². The molecule has 0 aliphatic carbocycles. The first-order chi connectivity index (χ1) is 17.1. The average Bonchev–Trinajstić information content (AvgIpc) is 2.82. The molecule has 0 radical (unpaired) electrons. The molecule has 0 bridgehead atoms. The molecule has 0 heterocycles. The van der Waals surface area contributed by atoms with Crippen molar-refractivity contribution in [2.75, 3.05) is 24.2 Å². The third-order valence-corrected chi connectivity index (χ3v) is 6.72. The highest BCUT2D eigenvalue weighted by atomic mass is 79.9. The highest BCUT2D eigenvalue weighted by Gasteiger charge is 2.21. The number of sulfonamides is 1. The first-order valence-corrected chi connectivity index (χ1v) is 13.4. The molecule has 0 aliphatic heterocycles. The summed E-state index contributed by atoms with van der Waals surface area (Å²) < 4.78 is 50.5. The van der Waals surface area contributed by atoms with Crippen LogP contribution >= 0.6 is 27.5 Å². The second-order valence-corrected chi connectivity index (χ2v) is 10.7. The Kier molecular flexibility index (Phi) is 9.30. The van der Waals surface area contributed by atoms with Crippen LogP contribution in [0.3, 0.4) is 0 Å².